The second kappa shape index (κ2) is 6.93. The fourth-order valence-electron chi connectivity index (χ4n) is 2.93. The van der Waals surface area contributed by atoms with Crippen LogP contribution in [-0.2, 0) is 16.0 Å². The van der Waals surface area contributed by atoms with Gasteiger partial charge in [-0.3, -0.25) is 9.69 Å². The van der Waals surface area contributed by atoms with Crippen LogP contribution in [0.1, 0.15) is 17.2 Å². The van der Waals surface area contributed by atoms with E-state index in [1.165, 1.54) is 12.0 Å². The highest BCUT2D eigenvalue weighted by Gasteiger charge is 2.36. The van der Waals surface area contributed by atoms with Crippen LogP contribution < -0.4 is 5.32 Å². The molecule has 0 fully saturated rings. The van der Waals surface area contributed by atoms with Gasteiger partial charge in [0.15, 0.2) is 0 Å². The first-order chi connectivity index (χ1) is 11.6. The molecule has 2 aromatic carbocycles. The van der Waals surface area contributed by atoms with Crippen molar-refractivity contribution in [3.05, 3.63) is 64.7 Å². The molecule has 0 bridgehead atoms. The number of nitrogens with zero attached hydrogens (tertiary/aromatic N) is 1. The summed E-state index contributed by atoms with van der Waals surface area (Å²) in [6.45, 7) is 0.421. The Bertz CT molecular complexity index is 778. The predicted molar refractivity (Wildman–Crippen MR) is 92.1 cm³/mol. The first-order valence-corrected chi connectivity index (χ1v) is 7.97. The molecule has 6 heteroatoms. The highest BCUT2D eigenvalue weighted by molar-refractivity contribution is 6.33. The normalized spacial score (nSPS) is 16.2. The third-order valence-corrected chi connectivity index (χ3v) is 4.40. The zero-order valence-electron chi connectivity index (χ0n) is 13.2. The third-order valence-electron chi connectivity index (χ3n) is 4.07. The van der Waals surface area contributed by atoms with Crippen molar-refractivity contribution in [2.24, 2.45) is 0 Å². The van der Waals surface area contributed by atoms with E-state index in [4.69, 9.17) is 16.3 Å². The van der Waals surface area contributed by atoms with Crippen molar-refractivity contribution in [3.8, 4) is 0 Å². The van der Waals surface area contributed by atoms with E-state index in [-0.39, 0.29) is 5.91 Å². The van der Waals surface area contributed by atoms with Crippen LogP contribution in [0.4, 0.5) is 10.5 Å². The maximum atomic E-state index is 12.9. The summed E-state index contributed by atoms with van der Waals surface area (Å²) < 4.78 is 4.84. The molecule has 3 rings (SSSR count). The van der Waals surface area contributed by atoms with Crippen molar-refractivity contribution in [2.75, 3.05) is 19.0 Å². The van der Waals surface area contributed by atoms with Crippen molar-refractivity contribution in [1.82, 2.24) is 4.90 Å². The van der Waals surface area contributed by atoms with Gasteiger partial charge in [0, 0.05) is 6.54 Å². The van der Waals surface area contributed by atoms with Gasteiger partial charge in [-0.1, -0.05) is 48.0 Å². The maximum absolute atomic E-state index is 12.9. The van der Waals surface area contributed by atoms with Gasteiger partial charge in [0.25, 0.3) is 5.91 Å². The van der Waals surface area contributed by atoms with Crippen molar-refractivity contribution >= 4 is 29.3 Å². The summed E-state index contributed by atoms with van der Waals surface area (Å²) in [6.07, 6.45) is 0.157. The molecular weight excluding hydrogens is 328 g/mol. The molecule has 0 saturated heterocycles. The average Bonchev–Trinajstić information content (AvgIpc) is 2.61. The fraction of sp³-hybridized carbons (Fsp3) is 0.222. The maximum Gasteiger partial charge on any atom is 0.410 e. The number of hydrogen-bond acceptors (Lipinski definition) is 3. The Morgan fingerprint density at radius 1 is 1.17 bits per heavy atom. The molecule has 5 nitrogen and oxygen atoms in total. The van der Waals surface area contributed by atoms with Crippen molar-refractivity contribution < 1.29 is 14.3 Å². The van der Waals surface area contributed by atoms with E-state index >= 15 is 0 Å². The van der Waals surface area contributed by atoms with Crippen molar-refractivity contribution in [3.63, 3.8) is 0 Å². The van der Waals surface area contributed by atoms with E-state index in [1.54, 1.807) is 24.3 Å². The van der Waals surface area contributed by atoms with Crippen LogP contribution in [0, 0.1) is 0 Å². The van der Waals surface area contributed by atoms with Gasteiger partial charge in [0.2, 0.25) is 0 Å². The Hall–Kier alpha value is -2.53. The molecule has 124 valence electrons. The summed E-state index contributed by atoms with van der Waals surface area (Å²) in [5.41, 5.74) is 2.37. The molecule has 0 radical (unpaired) electrons. The molecule has 1 atom stereocenters. The number of hydrogen-bond donors (Lipinski definition) is 1. The van der Waals surface area contributed by atoms with Crippen LogP contribution >= 0.6 is 11.6 Å². The summed E-state index contributed by atoms with van der Waals surface area (Å²) in [6, 6.07) is 13.9. The molecule has 0 unspecified atom stereocenters. The number of para-hydroxylation sites is 1. The standard InChI is InChI=1S/C18H17ClN2O3/c1-24-18(23)21-11-10-12-6-2-3-7-13(12)16(21)17(22)20-15-9-5-4-8-14(15)19/h2-9,16H,10-11H2,1H3,(H,20,22)/t16-/m0/s1. The number of nitrogens with one attached hydrogen (secondary N) is 1. The minimum Gasteiger partial charge on any atom is -0.453 e. The summed E-state index contributed by atoms with van der Waals surface area (Å²) in [5.74, 6) is -0.319. The highest BCUT2D eigenvalue weighted by Crippen LogP contribution is 2.32. The quantitative estimate of drug-likeness (QED) is 0.904. The van der Waals surface area contributed by atoms with E-state index in [0.717, 1.165) is 11.1 Å². The van der Waals surface area contributed by atoms with Gasteiger partial charge in [0.05, 0.1) is 17.8 Å². The van der Waals surface area contributed by atoms with Gasteiger partial charge < -0.3 is 10.1 Å². The van der Waals surface area contributed by atoms with Crippen LogP contribution in [-0.4, -0.2) is 30.6 Å². The first-order valence-electron chi connectivity index (χ1n) is 7.59. The number of halogens is 1. The van der Waals surface area contributed by atoms with E-state index in [1.807, 2.05) is 24.3 Å². The Labute approximate surface area is 145 Å². The van der Waals surface area contributed by atoms with Gasteiger partial charge in [-0.15, -0.1) is 0 Å². The number of fused-ring (bicyclic) bond motifs is 1. The molecule has 24 heavy (non-hydrogen) atoms. The molecule has 1 heterocycles. The van der Waals surface area contributed by atoms with Crippen LogP contribution in [0.5, 0.6) is 0 Å². The summed E-state index contributed by atoms with van der Waals surface area (Å²) in [5, 5.41) is 3.25. The number of rotatable bonds is 2. The highest BCUT2D eigenvalue weighted by atomic mass is 35.5. The van der Waals surface area contributed by atoms with Gasteiger partial charge in [0.1, 0.15) is 6.04 Å². The molecule has 0 aliphatic carbocycles. The first kappa shape index (κ1) is 16.3. The zero-order chi connectivity index (χ0) is 17.1. The molecular formula is C18H17ClN2O3. The number of benzene rings is 2. The van der Waals surface area contributed by atoms with Gasteiger partial charge in [-0.25, -0.2) is 4.79 Å². The van der Waals surface area contributed by atoms with Gasteiger partial charge in [-0.05, 0) is 29.7 Å². The van der Waals surface area contributed by atoms with Crippen LogP contribution in [0.3, 0.4) is 0 Å². The Balaban J connectivity index is 1.96. The molecule has 1 N–H and O–H groups in total. The number of anilines is 1. The van der Waals surface area contributed by atoms with E-state index < -0.39 is 12.1 Å². The number of methoxy groups -OCH3 is 1. The second-order valence-corrected chi connectivity index (χ2v) is 5.89. The Morgan fingerprint density at radius 2 is 1.88 bits per heavy atom. The smallest absolute Gasteiger partial charge is 0.410 e. The Morgan fingerprint density at radius 3 is 2.62 bits per heavy atom. The third kappa shape index (κ3) is 3.08. The second-order valence-electron chi connectivity index (χ2n) is 5.48. The molecule has 2 aromatic rings. The minimum atomic E-state index is -0.751. The SMILES string of the molecule is COC(=O)N1CCc2ccccc2[C@H]1C(=O)Nc1ccccc1Cl. The predicted octanol–water partition coefficient (Wildman–Crippen LogP) is 3.64. The molecule has 1 aliphatic heterocycles. The zero-order valence-corrected chi connectivity index (χ0v) is 13.9. The molecule has 0 spiro atoms. The largest absolute Gasteiger partial charge is 0.453 e. The summed E-state index contributed by atoms with van der Waals surface area (Å²) in [4.78, 5) is 26.4. The number of ether oxygens (including phenoxy) is 1. The van der Waals surface area contributed by atoms with Crippen LogP contribution in [0.2, 0.25) is 5.02 Å². The van der Waals surface area contributed by atoms with E-state index in [0.29, 0.717) is 23.7 Å². The fourth-order valence-corrected chi connectivity index (χ4v) is 3.11. The monoisotopic (exact) mass is 344 g/mol. The minimum absolute atomic E-state index is 0.319. The van der Waals surface area contributed by atoms with Gasteiger partial charge in [-0.2, -0.15) is 0 Å². The number of carbonyl (C=O) groups excluding carboxylic acids is 2. The lowest BCUT2D eigenvalue weighted by atomic mass is 9.92. The van der Waals surface area contributed by atoms with E-state index in [9.17, 15) is 9.59 Å². The number of amides is 2. The summed E-state index contributed by atoms with van der Waals surface area (Å²) >= 11 is 6.11. The topological polar surface area (TPSA) is 58.6 Å². The molecule has 2 amide bonds. The molecule has 0 aromatic heterocycles. The lowest BCUT2D eigenvalue weighted by Gasteiger charge is -2.35. The van der Waals surface area contributed by atoms with Crippen LogP contribution in [0.25, 0.3) is 0 Å². The Kier molecular flexibility index (Phi) is 4.71. The van der Waals surface area contributed by atoms with E-state index in [2.05, 4.69) is 5.32 Å². The average molecular weight is 345 g/mol. The molecule has 0 saturated carbocycles. The van der Waals surface area contributed by atoms with Crippen molar-refractivity contribution in [1.29, 1.82) is 0 Å². The van der Waals surface area contributed by atoms with Crippen molar-refractivity contribution in [2.45, 2.75) is 12.5 Å². The lowest BCUT2D eigenvalue weighted by Crippen LogP contribution is -2.45. The number of carbonyl (C=O) groups is 2. The lowest BCUT2D eigenvalue weighted by molar-refractivity contribution is -0.121. The molecule has 1 aliphatic rings. The van der Waals surface area contributed by atoms with Crippen LogP contribution in [0.15, 0.2) is 48.5 Å². The summed E-state index contributed by atoms with van der Waals surface area (Å²) in [7, 11) is 1.31. The van der Waals surface area contributed by atoms with Gasteiger partial charge >= 0.3 is 6.09 Å².